The van der Waals surface area contributed by atoms with E-state index in [0.717, 1.165) is 29.0 Å². The van der Waals surface area contributed by atoms with Gasteiger partial charge in [-0.15, -0.1) is 0 Å². The predicted molar refractivity (Wildman–Crippen MR) is 77.7 cm³/mol. The lowest BCUT2D eigenvalue weighted by atomic mass is 10.1. The minimum absolute atomic E-state index is 0.843. The summed E-state index contributed by atoms with van der Waals surface area (Å²) in [6, 6.07) is 8.33. The Morgan fingerprint density at radius 1 is 1.21 bits per heavy atom. The van der Waals surface area contributed by atoms with Crippen molar-refractivity contribution in [2.75, 3.05) is 5.32 Å². The van der Waals surface area contributed by atoms with Gasteiger partial charge in [-0.2, -0.15) is 0 Å². The van der Waals surface area contributed by atoms with Gasteiger partial charge in [0.05, 0.1) is 5.39 Å². The van der Waals surface area contributed by atoms with Gasteiger partial charge in [-0.3, -0.25) is 0 Å². The molecular formula is C15H16N4. The highest BCUT2D eigenvalue weighted by Gasteiger charge is 2.08. The van der Waals surface area contributed by atoms with Gasteiger partial charge in [0.1, 0.15) is 17.8 Å². The molecule has 0 atom stereocenters. The Labute approximate surface area is 111 Å². The van der Waals surface area contributed by atoms with Crippen molar-refractivity contribution in [2.24, 2.45) is 0 Å². The lowest BCUT2D eigenvalue weighted by molar-refractivity contribution is 1.12. The van der Waals surface area contributed by atoms with Crippen LogP contribution in [0.25, 0.3) is 11.0 Å². The summed E-state index contributed by atoms with van der Waals surface area (Å²) >= 11 is 0. The van der Waals surface area contributed by atoms with Crippen LogP contribution in [-0.4, -0.2) is 15.0 Å². The molecule has 1 aromatic carbocycles. The number of benzene rings is 1. The monoisotopic (exact) mass is 252 g/mol. The highest BCUT2D eigenvalue weighted by atomic mass is 15.0. The standard InChI is InChI=1S/C15H16N4/c1-3-11-6-4-5-10(2)13(11)19-15-12-7-8-16-14(12)17-9-18-15/h4-9H,3H2,1-2H3,(H2,16,17,18,19). The molecule has 3 rings (SSSR count). The second-order valence-corrected chi connectivity index (χ2v) is 4.55. The molecule has 2 N–H and O–H groups in total. The second-order valence-electron chi connectivity index (χ2n) is 4.55. The number of aromatic nitrogens is 3. The fourth-order valence-electron chi connectivity index (χ4n) is 2.29. The maximum absolute atomic E-state index is 4.35. The fraction of sp³-hybridized carbons (Fsp3) is 0.200. The van der Waals surface area contributed by atoms with Gasteiger partial charge in [-0.1, -0.05) is 25.1 Å². The van der Waals surface area contributed by atoms with E-state index < -0.39 is 0 Å². The van der Waals surface area contributed by atoms with Gasteiger partial charge in [-0.05, 0) is 30.5 Å². The van der Waals surface area contributed by atoms with E-state index in [1.54, 1.807) is 6.33 Å². The van der Waals surface area contributed by atoms with Crippen molar-refractivity contribution in [2.45, 2.75) is 20.3 Å². The second kappa shape index (κ2) is 4.72. The van der Waals surface area contributed by atoms with E-state index in [1.165, 1.54) is 11.1 Å². The van der Waals surface area contributed by atoms with Gasteiger partial charge in [0, 0.05) is 11.9 Å². The van der Waals surface area contributed by atoms with Crippen molar-refractivity contribution < 1.29 is 0 Å². The first kappa shape index (κ1) is 11.7. The zero-order valence-electron chi connectivity index (χ0n) is 11.1. The first-order valence-corrected chi connectivity index (χ1v) is 6.43. The molecule has 0 saturated heterocycles. The minimum atomic E-state index is 0.843. The molecule has 4 heteroatoms. The van der Waals surface area contributed by atoms with Crippen molar-refractivity contribution in [3.63, 3.8) is 0 Å². The van der Waals surface area contributed by atoms with E-state index in [-0.39, 0.29) is 0 Å². The summed E-state index contributed by atoms with van der Waals surface area (Å²) in [5.74, 6) is 0.843. The molecule has 3 aromatic rings. The van der Waals surface area contributed by atoms with E-state index in [4.69, 9.17) is 0 Å². The Hall–Kier alpha value is -2.36. The molecule has 19 heavy (non-hydrogen) atoms. The molecular weight excluding hydrogens is 236 g/mol. The van der Waals surface area contributed by atoms with Crippen molar-refractivity contribution in [1.82, 2.24) is 15.0 Å². The number of anilines is 2. The highest BCUT2D eigenvalue weighted by Crippen LogP contribution is 2.27. The van der Waals surface area contributed by atoms with Crippen LogP contribution in [0.5, 0.6) is 0 Å². The van der Waals surface area contributed by atoms with Gasteiger partial charge in [0.2, 0.25) is 0 Å². The Bertz CT molecular complexity index is 715. The summed E-state index contributed by atoms with van der Waals surface area (Å²) in [5.41, 5.74) is 4.51. The van der Waals surface area contributed by atoms with Gasteiger partial charge >= 0.3 is 0 Å². The third kappa shape index (κ3) is 2.05. The molecule has 0 unspecified atom stereocenters. The predicted octanol–water partition coefficient (Wildman–Crippen LogP) is 3.57. The lowest BCUT2D eigenvalue weighted by Crippen LogP contribution is -2.00. The van der Waals surface area contributed by atoms with Crippen LogP contribution in [0.15, 0.2) is 36.8 Å². The smallest absolute Gasteiger partial charge is 0.143 e. The third-order valence-electron chi connectivity index (χ3n) is 3.34. The van der Waals surface area contributed by atoms with Crippen LogP contribution in [0.3, 0.4) is 0 Å². The molecule has 0 amide bonds. The van der Waals surface area contributed by atoms with Crippen molar-refractivity contribution in [1.29, 1.82) is 0 Å². The Kier molecular flexibility index (Phi) is 2.91. The molecule has 0 saturated carbocycles. The quantitative estimate of drug-likeness (QED) is 0.749. The Morgan fingerprint density at radius 3 is 2.95 bits per heavy atom. The molecule has 96 valence electrons. The number of H-pyrrole nitrogens is 1. The van der Waals surface area contributed by atoms with E-state index in [0.29, 0.717) is 0 Å². The van der Waals surface area contributed by atoms with Gasteiger partial charge in [-0.25, -0.2) is 9.97 Å². The van der Waals surface area contributed by atoms with E-state index in [2.05, 4.69) is 52.3 Å². The van der Waals surface area contributed by atoms with Crippen LogP contribution in [0.1, 0.15) is 18.1 Å². The van der Waals surface area contributed by atoms with E-state index in [1.807, 2.05) is 12.3 Å². The van der Waals surface area contributed by atoms with E-state index in [9.17, 15) is 0 Å². The summed E-state index contributed by atoms with van der Waals surface area (Å²) in [6.45, 7) is 4.27. The summed E-state index contributed by atoms with van der Waals surface area (Å²) in [7, 11) is 0. The van der Waals surface area contributed by atoms with Crippen LogP contribution >= 0.6 is 0 Å². The maximum atomic E-state index is 4.35. The topological polar surface area (TPSA) is 53.6 Å². The highest BCUT2D eigenvalue weighted by molar-refractivity contribution is 5.89. The number of nitrogens with zero attached hydrogens (tertiary/aromatic N) is 2. The van der Waals surface area contributed by atoms with Gasteiger partial charge < -0.3 is 10.3 Å². The molecule has 0 aliphatic rings. The maximum Gasteiger partial charge on any atom is 0.143 e. The number of rotatable bonds is 3. The molecule has 4 nitrogen and oxygen atoms in total. The number of hydrogen-bond donors (Lipinski definition) is 2. The van der Waals surface area contributed by atoms with Crippen LogP contribution in [0.2, 0.25) is 0 Å². The molecule has 0 aliphatic heterocycles. The molecule has 2 heterocycles. The average Bonchev–Trinajstić information content (AvgIpc) is 2.90. The molecule has 2 aromatic heterocycles. The molecule has 0 spiro atoms. The zero-order valence-corrected chi connectivity index (χ0v) is 11.1. The summed E-state index contributed by atoms with van der Waals surface area (Å²) in [6.07, 6.45) is 4.44. The SMILES string of the molecule is CCc1cccc(C)c1Nc1ncnc2[nH]ccc12. The van der Waals surface area contributed by atoms with Crippen LogP contribution in [0, 0.1) is 6.92 Å². The van der Waals surface area contributed by atoms with Crippen molar-refractivity contribution >= 4 is 22.5 Å². The average molecular weight is 252 g/mol. The van der Waals surface area contributed by atoms with Crippen LogP contribution in [-0.2, 0) is 6.42 Å². The molecule has 0 fully saturated rings. The van der Waals surface area contributed by atoms with Crippen molar-refractivity contribution in [3.8, 4) is 0 Å². The molecule has 0 bridgehead atoms. The third-order valence-corrected chi connectivity index (χ3v) is 3.34. The van der Waals surface area contributed by atoms with Crippen LogP contribution in [0.4, 0.5) is 11.5 Å². The van der Waals surface area contributed by atoms with Crippen LogP contribution < -0.4 is 5.32 Å². The number of aryl methyl sites for hydroxylation is 2. The summed E-state index contributed by atoms with van der Waals surface area (Å²) < 4.78 is 0. The Morgan fingerprint density at radius 2 is 2.11 bits per heavy atom. The normalized spacial score (nSPS) is 10.8. The number of para-hydroxylation sites is 1. The number of aromatic amines is 1. The first-order chi connectivity index (χ1) is 9.29. The summed E-state index contributed by atoms with van der Waals surface area (Å²) in [5, 5.41) is 4.46. The number of nitrogens with one attached hydrogen (secondary N) is 2. The largest absolute Gasteiger partial charge is 0.346 e. The van der Waals surface area contributed by atoms with Crippen molar-refractivity contribution in [3.05, 3.63) is 47.9 Å². The zero-order chi connectivity index (χ0) is 13.2. The first-order valence-electron chi connectivity index (χ1n) is 6.43. The van der Waals surface area contributed by atoms with Gasteiger partial charge in [0.15, 0.2) is 0 Å². The minimum Gasteiger partial charge on any atom is -0.346 e. The molecule has 0 radical (unpaired) electrons. The molecule has 0 aliphatic carbocycles. The van der Waals surface area contributed by atoms with Gasteiger partial charge in [0.25, 0.3) is 0 Å². The number of hydrogen-bond acceptors (Lipinski definition) is 3. The fourth-order valence-corrected chi connectivity index (χ4v) is 2.29. The Balaban J connectivity index is 2.08. The lowest BCUT2D eigenvalue weighted by Gasteiger charge is -2.13. The number of fused-ring (bicyclic) bond motifs is 1. The van der Waals surface area contributed by atoms with E-state index >= 15 is 0 Å². The summed E-state index contributed by atoms with van der Waals surface area (Å²) in [4.78, 5) is 11.6.